The van der Waals surface area contributed by atoms with Crippen LogP contribution >= 0.6 is 0 Å². The van der Waals surface area contributed by atoms with Gasteiger partial charge in [0.05, 0.1) is 12.2 Å². The molecule has 0 unspecified atom stereocenters. The van der Waals surface area contributed by atoms with Crippen LogP contribution in [-0.2, 0) is 12.7 Å². The number of alkyl halides is 3. The van der Waals surface area contributed by atoms with Crippen molar-refractivity contribution in [1.29, 1.82) is 0 Å². The Kier molecular flexibility index (Phi) is 3.38. The van der Waals surface area contributed by atoms with Crippen LogP contribution in [0.3, 0.4) is 0 Å². The number of aliphatic hydroxyl groups is 1. The van der Waals surface area contributed by atoms with Crippen LogP contribution in [0.25, 0.3) is 11.4 Å². The minimum Gasteiger partial charge on any atom is -0.395 e. The standard InChI is InChI=1S/C12H11F3N2O/c13-12(14,15)10-3-1-9(2-4-10)11-16-5-6-17(11)7-8-18/h1-6,18H,7-8H2. The Morgan fingerprint density at radius 2 is 1.83 bits per heavy atom. The highest BCUT2D eigenvalue weighted by atomic mass is 19.4. The Bertz CT molecular complexity index is 517. The molecule has 0 radical (unpaired) electrons. The molecule has 18 heavy (non-hydrogen) atoms. The molecule has 1 aromatic heterocycles. The fourth-order valence-corrected chi connectivity index (χ4v) is 1.67. The molecule has 0 saturated heterocycles. The van der Waals surface area contributed by atoms with E-state index in [1.165, 1.54) is 12.1 Å². The molecular formula is C12H11F3N2O. The summed E-state index contributed by atoms with van der Waals surface area (Å²) in [6.07, 6.45) is -1.12. The van der Waals surface area contributed by atoms with E-state index in [2.05, 4.69) is 4.98 Å². The van der Waals surface area contributed by atoms with E-state index in [1.807, 2.05) is 0 Å². The van der Waals surface area contributed by atoms with Crippen molar-refractivity contribution in [3.63, 3.8) is 0 Å². The van der Waals surface area contributed by atoms with Crippen molar-refractivity contribution < 1.29 is 18.3 Å². The normalized spacial score (nSPS) is 11.8. The maximum absolute atomic E-state index is 12.4. The molecule has 2 aromatic rings. The van der Waals surface area contributed by atoms with Gasteiger partial charge in [0.25, 0.3) is 0 Å². The molecule has 6 heteroatoms. The van der Waals surface area contributed by atoms with Gasteiger partial charge in [0.2, 0.25) is 0 Å². The van der Waals surface area contributed by atoms with Crippen molar-refractivity contribution in [2.24, 2.45) is 0 Å². The fraction of sp³-hybridized carbons (Fsp3) is 0.250. The molecule has 1 aromatic carbocycles. The molecule has 0 atom stereocenters. The number of halogens is 3. The van der Waals surface area contributed by atoms with Gasteiger partial charge in [0.15, 0.2) is 0 Å². The third kappa shape index (κ3) is 2.53. The van der Waals surface area contributed by atoms with Crippen LogP contribution in [0.4, 0.5) is 13.2 Å². The van der Waals surface area contributed by atoms with Gasteiger partial charge in [-0.05, 0) is 12.1 Å². The minimum atomic E-state index is -4.33. The lowest BCUT2D eigenvalue weighted by Crippen LogP contribution is -2.05. The second-order valence-electron chi connectivity index (χ2n) is 3.74. The molecule has 0 amide bonds. The van der Waals surface area contributed by atoms with Gasteiger partial charge in [0, 0.05) is 24.5 Å². The maximum Gasteiger partial charge on any atom is 0.416 e. The molecule has 0 spiro atoms. The highest BCUT2D eigenvalue weighted by molar-refractivity contribution is 5.56. The van der Waals surface area contributed by atoms with Crippen molar-refractivity contribution in [3.8, 4) is 11.4 Å². The van der Waals surface area contributed by atoms with Crippen LogP contribution < -0.4 is 0 Å². The van der Waals surface area contributed by atoms with Crippen LogP contribution in [0.2, 0.25) is 0 Å². The van der Waals surface area contributed by atoms with E-state index in [1.54, 1.807) is 17.0 Å². The number of aliphatic hydroxyl groups excluding tert-OH is 1. The summed E-state index contributed by atoms with van der Waals surface area (Å²) in [5, 5.41) is 8.86. The molecule has 1 heterocycles. The van der Waals surface area contributed by atoms with Gasteiger partial charge in [-0.25, -0.2) is 4.98 Å². The lowest BCUT2D eigenvalue weighted by atomic mass is 10.1. The summed E-state index contributed by atoms with van der Waals surface area (Å²) in [6, 6.07) is 4.79. The Balaban J connectivity index is 2.32. The summed E-state index contributed by atoms with van der Waals surface area (Å²) < 4.78 is 38.9. The van der Waals surface area contributed by atoms with E-state index in [0.717, 1.165) is 12.1 Å². The first kappa shape index (κ1) is 12.6. The van der Waals surface area contributed by atoms with Crippen molar-refractivity contribution >= 4 is 0 Å². The van der Waals surface area contributed by atoms with E-state index >= 15 is 0 Å². The largest absolute Gasteiger partial charge is 0.416 e. The summed E-state index contributed by atoms with van der Waals surface area (Å²) in [7, 11) is 0. The number of nitrogens with zero attached hydrogens (tertiary/aromatic N) is 2. The summed E-state index contributed by atoms with van der Waals surface area (Å²) in [6.45, 7) is 0.306. The summed E-state index contributed by atoms with van der Waals surface area (Å²) >= 11 is 0. The van der Waals surface area contributed by atoms with E-state index in [-0.39, 0.29) is 6.61 Å². The average molecular weight is 256 g/mol. The van der Waals surface area contributed by atoms with Gasteiger partial charge in [-0.15, -0.1) is 0 Å². The predicted octanol–water partition coefficient (Wildman–Crippen LogP) is 2.56. The summed E-state index contributed by atoms with van der Waals surface area (Å²) in [4.78, 5) is 4.07. The van der Waals surface area contributed by atoms with E-state index in [0.29, 0.717) is 17.9 Å². The molecule has 0 bridgehead atoms. The van der Waals surface area contributed by atoms with Crippen LogP contribution in [0.1, 0.15) is 5.56 Å². The number of benzene rings is 1. The van der Waals surface area contributed by atoms with Gasteiger partial charge in [-0.2, -0.15) is 13.2 Å². The second kappa shape index (κ2) is 4.81. The summed E-state index contributed by atoms with van der Waals surface area (Å²) in [5.74, 6) is 0.540. The van der Waals surface area contributed by atoms with Crippen LogP contribution in [0, 0.1) is 0 Å². The van der Waals surface area contributed by atoms with Crippen molar-refractivity contribution in [1.82, 2.24) is 9.55 Å². The third-order valence-electron chi connectivity index (χ3n) is 2.53. The molecular weight excluding hydrogens is 245 g/mol. The Hall–Kier alpha value is -1.82. The minimum absolute atomic E-state index is 0.0516. The second-order valence-corrected chi connectivity index (χ2v) is 3.74. The van der Waals surface area contributed by atoms with Gasteiger partial charge >= 0.3 is 6.18 Å². The van der Waals surface area contributed by atoms with Crippen LogP contribution in [0.5, 0.6) is 0 Å². The highest BCUT2D eigenvalue weighted by Crippen LogP contribution is 2.30. The number of hydrogen-bond acceptors (Lipinski definition) is 2. The van der Waals surface area contributed by atoms with Gasteiger partial charge in [0.1, 0.15) is 5.82 Å². The van der Waals surface area contributed by atoms with Crippen LogP contribution in [-0.4, -0.2) is 21.3 Å². The van der Waals surface area contributed by atoms with Gasteiger partial charge in [-0.1, -0.05) is 12.1 Å². The number of hydrogen-bond donors (Lipinski definition) is 1. The van der Waals surface area contributed by atoms with Gasteiger partial charge < -0.3 is 9.67 Å². The molecule has 1 N–H and O–H groups in total. The van der Waals surface area contributed by atoms with Gasteiger partial charge in [-0.3, -0.25) is 0 Å². The molecule has 0 saturated carbocycles. The molecule has 3 nitrogen and oxygen atoms in total. The first-order valence-electron chi connectivity index (χ1n) is 5.32. The zero-order chi connectivity index (χ0) is 13.2. The number of rotatable bonds is 3. The van der Waals surface area contributed by atoms with Crippen LogP contribution in [0.15, 0.2) is 36.7 Å². The fourth-order valence-electron chi connectivity index (χ4n) is 1.67. The number of imidazole rings is 1. The first-order chi connectivity index (χ1) is 8.52. The predicted molar refractivity (Wildman–Crippen MR) is 59.8 cm³/mol. The Morgan fingerprint density at radius 1 is 1.17 bits per heavy atom. The molecule has 0 aliphatic rings. The first-order valence-corrected chi connectivity index (χ1v) is 5.32. The summed E-state index contributed by atoms with van der Waals surface area (Å²) in [5.41, 5.74) is -0.104. The zero-order valence-corrected chi connectivity index (χ0v) is 9.35. The zero-order valence-electron chi connectivity index (χ0n) is 9.35. The van der Waals surface area contributed by atoms with Crippen molar-refractivity contribution in [2.75, 3.05) is 6.61 Å². The molecule has 96 valence electrons. The van der Waals surface area contributed by atoms with E-state index < -0.39 is 11.7 Å². The SMILES string of the molecule is OCCn1ccnc1-c1ccc(C(F)(F)F)cc1. The Labute approximate surface area is 102 Å². The van der Waals surface area contributed by atoms with Crippen molar-refractivity contribution in [2.45, 2.75) is 12.7 Å². The molecule has 2 rings (SSSR count). The molecule has 0 fully saturated rings. The van der Waals surface area contributed by atoms with E-state index in [9.17, 15) is 13.2 Å². The number of aromatic nitrogens is 2. The quantitative estimate of drug-likeness (QED) is 0.916. The van der Waals surface area contributed by atoms with E-state index in [4.69, 9.17) is 5.11 Å². The monoisotopic (exact) mass is 256 g/mol. The Morgan fingerprint density at radius 3 is 2.39 bits per heavy atom. The smallest absolute Gasteiger partial charge is 0.395 e. The lowest BCUT2D eigenvalue weighted by Gasteiger charge is -2.09. The third-order valence-corrected chi connectivity index (χ3v) is 2.53. The molecule has 0 aliphatic heterocycles. The topological polar surface area (TPSA) is 38.0 Å². The molecule has 0 aliphatic carbocycles. The van der Waals surface area contributed by atoms with Crippen molar-refractivity contribution in [3.05, 3.63) is 42.2 Å². The highest BCUT2D eigenvalue weighted by Gasteiger charge is 2.30. The average Bonchev–Trinajstić information content (AvgIpc) is 2.77. The lowest BCUT2D eigenvalue weighted by molar-refractivity contribution is -0.137. The maximum atomic E-state index is 12.4.